The summed E-state index contributed by atoms with van der Waals surface area (Å²) >= 11 is 0. The van der Waals surface area contributed by atoms with E-state index in [4.69, 9.17) is 5.73 Å². The first kappa shape index (κ1) is 13.8. The first-order valence-electron chi connectivity index (χ1n) is 6.06. The molecule has 0 aliphatic carbocycles. The minimum Gasteiger partial charge on any atom is -0.399 e. The zero-order chi connectivity index (χ0) is 13.1. The van der Waals surface area contributed by atoms with Gasteiger partial charge in [0, 0.05) is 17.9 Å². The number of hydrogen-bond acceptors (Lipinski definition) is 3. The number of aryl methyl sites for hydroxylation is 1. The number of benzene rings is 1. The van der Waals surface area contributed by atoms with Crippen LogP contribution in [0, 0.1) is 12.3 Å². The molecule has 1 aromatic rings. The minimum atomic E-state index is -0.327. The van der Waals surface area contributed by atoms with E-state index in [1.807, 2.05) is 25.1 Å². The Labute approximate surface area is 104 Å². The molecule has 1 rings (SSSR count). The Kier molecular flexibility index (Phi) is 4.40. The van der Waals surface area contributed by atoms with E-state index in [0.29, 0.717) is 6.54 Å². The van der Waals surface area contributed by atoms with E-state index in [-0.39, 0.29) is 11.5 Å². The number of nitrogens with one attached hydrogen (secondary N) is 1. The molecule has 17 heavy (non-hydrogen) atoms. The lowest BCUT2D eigenvalue weighted by atomic mass is 9.89. The lowest BCUT2D eigenvalue weighted by molar-refractivity contribution is 0.132. The van der Waals surface area contributed by atoms with Crippen LogP contribution in [0.15, 0.2) is 18.2 Å². The Balaban J connectivity index is 2.50. The van der Waals surface area contributed by atoms with Gasteiger partial charge in [-0.3, -0.25) is 0 Å². The number of anilines is 2. The Morgan fingerprint density at radius 1 is 1.35 bits per heavy atom. The summed E-state index contributed by atoms with van der Waals surface area (Å²) in [7, 11) is 0. The molecular formula is C14H24N2O. The van der Waals surface area contributed by atoms with Crippen LogP contribution in [0.2, 0.25) is 0 Å². The Morgan fingerprint density at radius 3 is 2.53 bits per heavy atom. The third-order valence-electron chi connectivity index (χ3n) is 2.63. The van der Waals surface area contributed by atoms with Gasteiger partial charge in [0.1, 0.15) is 0 Å². The lowest BCUT2D eigenvalue weighted by Gasteiger charge is -2.23. The molecule has 3 heteroatoms. The van der Waals surface area contributed by atoms with Crippen molar-refractivity contribution >= 4 is 11.4 Å². The second kappa shape index (κ2) is 5.41. The molecule has 96 valence electrons. The van der Waals surface area contributed by atoms with Crippen LogP contribution in [0.4, 0.5) is 11.4 Å². The number of hydrogen-bond donors (Lipinski definition) is 3. The number of rotatable bonds is 4. The van der Waals surface area contributed by atoms with Gasteiger partial charge < -0.3 is 16.2 Å². The SMILES string of the molecule is Cc1cc(N)ccc1NCC(O)CC(C)(C)C. The van der Waals surface area contributed by atoms with Crippen molar-refractivity contribution in [2.45, 2.75) is 40.2 Å². The van der Waals surface area contributed by atoms with Crippen LogP contribution in [-0.2, 0) is 0 Å². The number of nitrogen functional groups attached to an aromatic ring is 1. The zero-order valence-corrected chi connectivity index (χ0v) is 11.2. The predicted molar refractivity (Wildman–Crippen MR) is 74.2 cm³/mol. The Morgan fingerprint density at radius 2 is 2.00 bits per heavy atom. The normalized spacial score (nSPS) is 13.5. The van der Waals surface area contributed by atoms with Gasteiger partial charge in [-0.1, -0.05) is 20.8 Å². The van der Waals surface area contributed by atoms with Crippen molar-refractivity contribution in [3.8, 4) is 0 Å². The minimum absolute atomic E-state index is 0.150. The molecule has 3 nitrogen and oxygen atoms in total. The summed E-state index contributed by atoms with van der Waals surface area (Å²) < 4.78 is 0. The highest BCUT2D eigenvalue weighted by Crippen LogP contribution is 2.22. The van der Waals surface area contributed by atoms with E-state index < -0.39 is 0 Å². The Bertz CT molecular complexity index is 369. The third-order valence-corrected chi connectivity index (χ3v) is 2.63. The summed E-state index contributed by atoms with van der Waals surface area (Å²) in [6.45, 7) is 8.97. The average molecular weight is 236 g/mol. The molecule has 0 bridgehead atoms. The fraction of sp³-hybridized carbons (Fsp3) is 0.571. The fourth-order valence-electron chi connectivity index (χ4n) is 1.89. The van der Waals surface area contributed by atoms with Gasteiger partial charge >= 0.3 is 0 Å². The molecule has 0 aliphatic heterocycles. The van der Waals surface area contributed by atoms with Gasteiger partial charge in [0.05, 0.1) is 6.10 Å². The summed E-state index contributed by atoms with van der Waals surface area (Å²) in [5.41, 5.74) is 8.75. The zero-order valence-electron chi connectivity index (χ0n) is 11.2. The average Bonchev–Trinajstić information content (AvgIpc) is 2.13. The molecule has 0 saturated carbocycles. The largest absolute Gasteiger partial charge is 0.399 e. The summed E-state index contributed by atoms with van der Waals surface area (Å²) in [4.78, 5) is 0. The molecule has 0 amide bonds. The van der Waals surface area contributed by atoms with E-state index in [1.165, 1.54) is 0 Å². The van der Waals surface area contributed by atoms with Crippen molar-refractivity contribution in [1.82, 2.24) is 0 Å². The standard InChI is InChI=1S/C14H24N2O/c1-10-7-11(15)5-6-13(10)16-9-12(17)8-14(2,3)4/h5-7,12,16-17H,8-9,15H2,1-4H3. The van der Waals surface area contributed by atoms with E-state index >= 15 is 0 Å². The van der Waals surface area contributed by atoms with Crippen molar-refractivity contribution in [3.05, 3.63) is 23.8 Å². The van der Waals surface area contributed by atoms with Crippen LogP contribution < -0.4 is 11.1 Å². The van der Waals surface area contributed by atoms with Gasteiger partial charge in [0.25, 0.3) is 0 Å². The number of aliphatic hydroxyl groups is 1. The molecule has 1 unspecified atom stereocenters. The first-order valence-corrected chi connectivity index (χ1v) is 6.06. The van der Waals surface area contributed by atoms with Crippen molar-refractivity contribution in [3.63, 3.8) is 0 Å². The summed E-state index contributed by atoms with van der Waals surface area (Å²) in [6, 6.07) is 5.75. The third kappa shape index (κ3) is 5.09. The maximum Gasteiger partial charge on any atom is 0.0717 e. The molecular weight excluding hydrogens is 212 g/mol. The summed E-state index contributed by atoms with van der Waals surface area (Å²) in [6.07, 6.45) is 0.459. The molecule has 0 heterocycles. The van der Waals surface area contributed by atoms with Crippen molar-refractivity contribution in [1.29, 1.82) is 0 Å². The molecule has 0 radical (unpaired) electrons. The number of nitrogens with two attached hydrogens (primary N) is 1. The predicted octanol–water partition coefficient (Wildman–Crippen LogP) is 2.79. The molecule has 0 spiro atoms. The maximum atomic E-state index is 9.90. The highest BCUT2D eigenvalue weighted by molar-refractivity contribution is 5.57. The van der Waals surface area contributed by atoms with Crippen LogP contribution in [0.1, 0.15) is 32.8 Å². The smallest absolute Gasteiger partial charge is 0.0717 e. The lowest BCUT2D eigenvalue weighted by Crippen LogP contribution is -2.25. The maximum absolute atomic E-state index is 9.90. The van der Waals surface area contributed by atoms with E-state index in [2.05, 4.69) is 26.1 Å². The van der Waals surface area contributed by atoms with Crippen LogP contribution in [0.3, 0.4) is 0 Å². The molecule has 0 aromatic heterocycles. The van der Waals surface area contributed by atoms with E-state index in [0.717, 1.165) is 23.4 Å². The van der Waals surface area contributed by atoms with Gasteiger partial charge in [0.2, 0.25) is 0 Å². The van der Waals surface area contributed by atoms with E-state index in [1.54, 1.807) is 0 Å². The van der Waals surface area contributed by atoms with Crippen LogP contribution in [0.25, 0.3) is 0 Å². The van der Waals surface area contributed by atoms with Gasteiger partial charge in [0.15, 0.2) is 0 Å². The quantitative estimate of drug-likeness (QED) is 0.705. The second-order valence-corrected chi connectivity index (χ2v) is 5.87. The van der Waals surface area contributed by atoms with Crippen LogP contribution in [-0.4, -0.2) is 17.8 Å². The van der Waals surface area contributed by atoms with Gasteiger partial charge in [-0.05, 0) is 42.5 Å². The number of aliphatic hydroxyl groups excluding tert-OH is 1. The highest BCUT2D eigenvalue weighted by atomic mass is 16.3. The van der Waals surface area contributed by atoms with Crippen molar-refractivity contribution in [2.24, 2.45) is 5.41 Å². The molecule has 0 saturated heterocycles. The summed E-state index contributed by atoms with van der Waals surface area (Å²) in [5.74, 6) is 0. The molecule has 4 N–H and O–H groups in total. The van der Waals surface area contributed by atoms with Crippen LogP contribution in [0.5, 0.6) is 0 Å². The molecule has 0 fully saturated rings. The summed E-state index contributed by atoms with van der Waals surface area (Å²) in [5, 5.41) is 13.2. The molecule has 0 aliphatic rings. The molecule has 1 atom stereocenters. The van der Waals surface area contributed by atoms with Gasteiger partial charge in [-0.25, -0.2) is 0 Å². The topological polar surface area (TPSA) is 58.3 Å². The monoisotopic (exact) mass is 236 g/mol. The molecule has 1 aromatic carbocycles. The van der Waals surface area contributed by atoms with E-state index in [9.17, 15) is 5.11 Å². The second-order valence-electron chi connectivity index (χ2n) is 5.87. The van der Waals surface area contributed by atoms with Gasteiger partial charge in [-0.15, -0.1) is 0 Å². The first-order chi connectivity index (χ1) is 7.78. The van der Waals surface area contributed by atoms with Crippen LogP contribution >= 0.6 is 0 Å². The highest BCUT2D eigenvalue weighted by Gasteiger charge is 2.16. The fourth-order valence-corrected chi connectivity index (χ4v) is 1.89. The van der Waals surface area contributed by atoms with Gasteiger partial charge in [-0.2, -0.15) is 0 Å². The Hall–Kier alpha value is -1.22. The van der Waals surface area contributed by atoms with Crippen molar-refractivity contribution < 1.29 is 5.11 Å². The van der Waals surface area contributed by atoms with Crippen molar-refractivity contribution in [2.75, 3.05) is 17.6 Å².